The van der Waals surface area contributed by atoms with Crippen LogP contribution in [0.3, 0.4) is 0 Å². The fourth-order valence-corrected chi connectivity index (χ4v) is 3.41. The van der Waals surface area contributed by atoms with Crippen molar-refractivity contribution in [2.75, 3.05) is 11.5 Å². The lowest BCUT2D eigenvalue weighted by Gasteiger charge is -2.05. The first kappa shape index (κ1) is 15.3. The van der Waals surface area contributed by atoms with Gasteiger partial charge in [0.15, 0.2) is 8.68 Å². The van der Waals surface area contributed by atoms with E-state index >= 15 is 0 Å². The van der Waals surface area contributed by atoms with Crippen LogP contribution in [0.1, 0.15) is 13.8 Å². The average molecular weight is 307 g/mol. The van der Waals surface area contributed by atoms with Gasteiger partial charge in [-0.25, -0.2) is 0 Å². The first-order chi connectivity index (χ1) is 8.47. The fraction of sp³-hybridized carbons (Fsp3) is 0.556. The minimum Gasteiger partial charge on any atom is -0.462 e. The van der Waals surface area contributed by atoms with Gasteiger partial charge < -0.3 is 10.5 Å². The summed E-state index contributed by atoms with van der Waals surface area (Å²) in [7, 11) is 0. The van der Waals surface area contributed by atoms with Crippen LogP contribution in [0.25, 0.3) is 0 Å². The number of aromatic nitrogens is 2. The number of hydrogen-bond acceptors (Lipinski definition) is 8. The molecule has 1 heterocycles. The van der Waals surface area contributed by atoms with Crippen LogP contribution in [0, 0.1) is 0 Å². The molecule has 0 aromatic carbocycles. The van der Waals surface area contributed by atoms with Crippen LogP contribution >= 0.6 is 34.9 Å². The Balaban J connectivity index is 2.35. The van der Waals surface area contributed by atoms with Crippen LogP contribution in [0.15, 0.2) is 8.68 Å². The lowest BCUT2D eigenvalue weighted by atomic mass is 10.5. The molecular formula is C9H13N3O3S3. The molecule has 0 atom stereocenters. The summed E-state index contributed by atoms with van der Waals surface area (Å²) < 4.78 is 6.32. The molecule has 0 aliphatic heterocycles. The van der Waals surface area contributed by atoms with Crippen molar-refractivity contribution in [1.82, 2.24) is 10.2 Å². The number of nitrogens with zero attached hydrogens (tertiary/aromatic N) is 2. The molecule has 6 nitrogen and oxygen atoms in total. The smallest absolute Gasteiger partial charge is 0.316 e. The SMILES string of the molecule is CC(C)OC(=O)CSc1nnc(SCC(N)=O)s1. The van der Waals surface area contributed by atoms with E-state index < -0.39 is 5.91 Å². The topological polar surface area (TPSA) is 95.2 Å². The molecule has 100 valence electrons. The van der Waals surface area contributed by atoms with Crippen molar-refractivity contribution >= 4 is 46.7 Å². The van der Waals surface area contributed by atoms with E-state index in [1.807, 2.05) is 0 Å². The Labute approximate surface area is 117 Å². The highest BCUT2D eigenvalue weighted by atomic mass is 32.2. The Kier molecular flexibility index (Phi) is 6.44. The third kappa shape index (κ3) is 6.22. The highest BCUT2D eigenvalue weighted by Crippen LogP contribution is 2.28. The van der Waals surface area contributed by atoms with E-state index in [0.29, 0.717) is 8.68 Å². The summed E-state index contributed by atoms with van der Waals surface area (Å²) in [5.74, 6) is -0.302. The van der Waals surface area contributed by atoms with E-state index in [4.69, 9.17) is 10.5 Å². The fourth-order valence-electron chi connectivity index (χ4n) is 0.864. The molecule has 9 heteroatoms. The van der Waals surface area contributed by atoms with Gasteiger partial charge in [0, 0.05) is 0 Å². The minimum atomic E-state index is -0.398. The predicted molar refractivity (Wildman–Crippen MR) is 71.8 cm³/mol. The van der Waals surface area contributed by atoms with E-state index in [0.717, 1.165) is 0 Å². The highest BCUT2D eigenvalue weighted by Gasteiger charge is 2.10. The summed E-state index contributed by atoms with van der Waals surface area (Å²) in [5.41, 5.74) is 5.02. The van der Waals surface area contributed by atoms with E-state index in [1.165, 1.54) is 34.9 Å². The molecule has 2 N–H and O–H groups in total. The zero-order valence-electron chi connectivity index (χ0n) is 9.91. The van der Waals surface area contributed by atoms with E-state index in [9.17, 15) is 9.59 Å². The van der Waals surface area contributed by atoms with Crippen molar-refractivity contribution in [1.29, 1.82) is 0 Å². The van der Waals surface area contributed by atoms with E-state index in [-0.39, 0.29) is 23.6 Å². The molecule has 1 rings (SSSR count). The summed E-state index contributed by atoms with van der Waals surface area (Å²) in [5, 5.41) is 7.77. The summed E-state index contributed by atoms with van der Waals surface area (Å²) in [6.45, 7) is 3.60. The normalized spacial score (nSPS) is 10.6. The molecule has 0 spiro atoms. The van der Waals surface area contributed by atoms with Crippen LogP contribution in [-0.4, -0.2) is 39.7 Å². The number of carbonyl (C=O) groups is 2. The lowest BCUT2D eigenvalue weighted by Crippen LogP contribution is -2.13. The molecule has 0 saturated heterocycles. The maximum Gasteiger partial charge on any atom is 0.316 e. The van der Waals surface area contributed by atoms with Crippen molar-refractivity contribution < 1.29 is 14.3 Å². The number of hydrogen-bond donors (Lipinski definition) is 1. The van der Waals surface area contributed by atoms with Crippen molar-refractivity contribution in [3.63, 3.8) is 0 Å². The molecule has 1 aromatic heterocycles. The summed E-state index contributed by atoms with van der Waals surface area (Å²) in [4.78, 5) is 21.9. The third-order valence-corrected chi connectivity index (χ3v) is 4.59. The number of rotatable bonds is 7. The monoisotopic (exact) mass is 307 g/mol. The molecule has 0 saturated carbocycles. The molecule has 1 aromatic rings. The predicted octanol–water partition coefficient (Wildman–Crippen LogP) is 1.16. The highest BCUT2D eigenvalue weighted by molar-refractivity contribution is 8.03. The molecule has 0 aliphatic carbocycles. The van der Waals surface area contributed by atoms with Gasteiger partial charge in [-0.15, -0.1) is 10.2 Å². The van der Waals surface area contributed by atoms with Crippen LogP contribution in [-0.2, 0) is 14.3 Å². The molecule has 18 heavy (non-hydrogen) atoms. The van der Waals surface area contributed by atoms with Gasteiger partial charge in [-0.05, 0) is 13.8 Å². The van der Waals surface area contributed by atoms with Gasteiger partial charge in [0.05, 0.1) is 17.6 Å². The third-order valence-electron chi connectivity index (χ3n) is 1.41. The number of primary amides is 1. The second-order valence-electron chi connectivity index (χ2n) is 3.42. The second kappa shape index (κ2) is 7.59. The van der Waals surface area contributed by atoms with Gasteiger partial charge in [0.1, 0.15) is 0 Å². The largest absolute Gasteiger partial charge is 0.462 e. The molecule has 0 aliphatic rings. The standard InChI is InChI=1S/C9H13N3O3S3/c1-5(2)15-7(14)4-17-9-12-11-8(18-9)16-3-6(10)13/h5H,3-4H2,1-2H3,(H2,10,13). The molecule has 0 bridgehead atoms. The summed E-state index contributed by atoms with van der Waals surface area (Å²) >= 11 is 3.83. The van der Waals surface area contributed by atoms with Gasteiger partial charge in [0.25, 0.3) is 0 Å². The van der Waals surface area contributed by atoms with E-state index in [1.54, 1.807) is 13.8 Å². The molecule has 0 unspecified atom stereocenters. The Morgan fingerprint density at radius 2 is 1.83 bits per heavy atom. The average Bonchev–Trinajstić information content (AvgIpc) is 2.70. The number of thioether (sulfide) groups is 2. The number of ether oxygens (including phenoxy) is 1. The Bertz CT molecular complexity index is 422. The quantitative estimate of drug-likeness (QED) is 0.596. The Morgan fingerprint density at radius 1 is 1.28 bits per heavy atom. The first-order valence-corrected chi connectivity index (χ1v) is 7.83. The number of nitrogens with two attached hydrogens (primary N) is 1. The Hall–Kier alpha value is -0.800. The van der Waals surface area contributed by atoms with Crippen molar-refractivity contribution in [3.05, 3.63) is 0 Å². The number of esters is 1. The van der Waals surface area contributed by atoms with Gasteiger partial charge in [-0.3, -0.25) is 9.59 Å². The molecule has 0 fully saturated rings. The minimum absolute atomic E-state index is 0.116. The molecule has 0 radical (unpaired) electrons. The van der Waals surface area contributed by atoms with Crippen LogP contribution in [0.2, 0.25) is 0 Å². The van der Waals surface area contributed by atoms with E-state index in [2.05, 4.69) is 10.2 Å². The summed E-state index contributed by atoms with van der Waals surface area (Å²) in [6.07, 6.45) is -0.116. The van der Waals surface area contributed by atoms with Crippen molar-refractivity contribution in [2.45, 2.75) is 28.6 Å². The van der Waals surface area contributed by atoms with Crippen LogP contribution in [0.5, 0.6) is 0 Å². The Morgan fingerprint density at radius 3 is 2.33 bits per heavy atom. The van der Waals surface area contributed by atoms with Gasteiger partial charge >= 0.3 is 5.97 Å². The maximum atomic E-state index is 11.3. The van der Waals surface area contributed by atoms with Crippen molar-refractivity contribution in [3.8, 4) is 0 Å². The zero-order valence-corrected chi connectivity index (χ0v) is 12.4. The van der Waals surface area contributed by atoms with Gasteiger partial charge in [-0.1, -0.05) is 34.9 Å². The van der Waals surface area contributed by atoms with Crippen LogP contribution < -0.4 is 5.73 Å². The first-order valence-electron chi connectivity index (χ1n) is 5.04. The lowest BCUT2D eigenvalue weighted by molar-refractivity contribution is -0.144. The van der Waals surface area contributed by atoms with Gasteiger partial charge in [0.2, 0.25) is 5.91 Å². The van der Waals surface area contributed by atoms with Crippen molar-refractivity contribution in [2.24, 2.45) is 5.73 Å². The molecular weight excluding hydrogens is 294 g/mol. The second-order valence-corrected chi connectivity index (χ2v) is 6.84. The number of amides is 1. The number of carbonyl (C=O) groups excluding carboxylic acids is 2. The van der Waals surface area contributed by atoms with Gasteiger partial charge in [-0.2, -0.15) is 0 Å². The maximum absolute atomic E-state index is 11.3. The summed E-state index contributed by atoms with van der Waals surface area (Å²) in [6, 6.07) is 0. The van der Waals surface area contributed by atoms with Crippen LogP contribution in [0.4, 0.5) is 0 Å². The zero-order chi connectivity index (χ0) is 13.5. The molecule has 1 amide bonds.